The van der Waals surface area contributed by atoms with Gasteiger partial charge < -0.3 is 10.2 Å². The van der Waals surface area contributed by atoms with Crippen molar-refractivity contribution < 1.29 is 9.59 Å². The number of piperidine rings is 1. The summed E-state index contributed by atoms with van der Waals surface area (Å²) in [6.07, 6.45) is 1.37. The van der Waals surface area contributed by atoms with Gasteiger partial charge in [-0.1, -0.05) is 6.92 Å². The summed E-state index contributed by atoms with van der Waals surface area (Å²) in [5.41, 5.74) is 0. The smallest absolute Gasteiger partial charge is 0.246 e. The molecule has 2 saturated heterocycles. The SMILES string of the molecule is CC1CCC(=O)NC1C(=O)N1C(C)C1C. The first-order valence-corrected chi connectivity index (χ1v) is 5.64. The molecule has 2 fully saturated rings. The lowest BCUT2D eigenvalue weighted by Crippen LogP contribution is -2.51. The Bertz CT molecular complexity index is 295. The van der Waals surface area contributed by atoms with Crippen LogP contribution in [-0.4, -0.2) is 34.8 Å². The summed E-state index contributed by atoms with van der Waals surface area (Å²) in [4.78, 5) is 25.1. The van der Waals surface area contributed by atoms with E-state index in [0.717, 1.165) is 6.42 Å². The first-order chi connectivity index (χ1) is 7.02. The van der Waals surface area contributed by atoms with Gasteiger partial charge in [0.15, 0.2) is 0 Å². The highest BCUT2D eigenvalue weighted by atomic mass is 16.2. The molecule has 1 N–H and O–H groups in total. The Morgan fingerprint density at radius 3 is 2.47 bits per heavy atom. The monoisotopic (exact) mass is 210 g/mol. The predicted octanol–water partition coefficient (Wildman–Crippen LogP) is 0.520. The second-order valence-electron chi connectivity index (χ2n) is 4.79. The highest BCUT2D eigenvalue weighted by Crippen LogP contribution is 2.30. The molecule has 4 nitrogen and oxygen atoms in total. The number of carbonyl (C=O) groups is 2. The van der Waals surface area contributed by atoms with Crippen LogP contribution in [0.15, 0.2) is 0 Å². The summed E-state index contributed by atoms with van der Waals surface area (Å²) >= 11 is 0. The molecule has 84 valence electrons. The molecule has 0 saturated carbocycles. The van der Waals surface area contributed by atoms with Crippen molar-refractivity contribution in [1.82, 2.24) is 10.2 Å². The zero-order chi connectivity index (χ0) is 11.2. The lowest BCUT2D eigenvalue weighted by Gasteiger charge is -2.28. The van der Waals surface area contributed by atoms with E-state index in [-0.39, 0.29) is 23.8 Å². The van der Waals surface area contributed by atoms with Crippen molar-refractivity contribution in [2.24, 2.45) is 5.92 Å². The molecule has 2 rings (SSSR count). The summed E-state index contributed by atoms with van der Waals surface area (Å²) in [6, 6.07) is 0.380. The molecule has 2 aliphatic rings. The zero-order valence-corrected chi connectivity index (χ0v) is 9.49. The first-order valence-electron chi connectivity index (χ1n) is 5.64. The molecule has 0 aromatic rings. The van der Waals surface area contributed by atoms with Gasteiger partial charge in [0.2, 0.25) is 11.8 Å². The van der Waals surface area contributed by atoms with Crippen molar-refractivity contribution in [2.45, 2.75) is 51.7 Å². The number of hydrogen-bond donors (Lipinski definition) is 1. The van der Waals surface area contributed by atoms with Crippen LogP contribution in [-0.2, 0) is 9.59 Å². The number of carbonyl (C=O) groups excluding carboxylic acids is 2. The highest BCUT2D eigenvalue weighted by molar-refractivity contribution is 5.90. The van der Waals surface area contributed by atoms with Crippen molar-refractivity contribution in [3.05, 3.63) is 0 Å². The summed E-state index contributed by atoms with van der Waals surface area (Å²) in [5, 5.41) is 2.80. The molecule has 0 spiro atoms. The zero-order valence-electron chi connectivity index (χ0n) is 9.49. The van der Waals surface area contributed by atoms with E-state index >= 15 is 0 Å². The Kier molecular flexibility index (Phi) is 2.44. The van der Waals surface area contributed by atoms with Gasteiger partial charge in [-0.15, -0.1) is 0 Å². The maximum absolute atomic E-state index is 12.0. The van der Waals surface area contributed by atoms with E-state index in [2.05, 4.69) is 5.32 Å². The molecule has 4 unspecified atom stereocenters. The third kappa shape index (κ3) is 1.73. The maximum Gasteiger partial charge on any atom is 0.246 e. The normalized spacial score (nSPS) is 39.9. The van der Waals surface area contributed by atoms with Crippen LogP contribution in [0.5, 0.6) is 0 Å². The summed E-state index contributed by atoms with van der Waals surface area (Å²) in [7, 11) is 0. The predicted molar refractivity (Wildman–Crippen MR) is 56.1 cm³/mol. The van der Waals surface area contributed by atoms with Crippen molar-refractivity contribution in [3.8, 4) is 0 Å². The number of amides is 2. The van der Waals surface area contributed by atoms with Gasteiger partial charge in [-0.3, -0.25) is 9.59 Å². The lowest BCUT2D eigenvalue weighted by molar-refractivity contribution is -0.136. The van der Waals surface area contributed by atoms with Crippen molar-refractivity contribution in [3.63, 3.8) is 0 Å². The fourth-order valence-corrected chi connectivity index (χ4v) is 2.28. The molecular formula is C11H18N2O2. The van der Waals surface area contributed by atoms with Crippen molar-refractivity contribution in [2.75, 3.05) is 0 Å². The molecule has 0 bridgehead atoms. The standard InChI is InChI=1S/C11H18N2O2/c1-6-4-5-9(14)12-10(6)11(15)13-7(2)8(13)3/h6-8,10H,4-5H2,1-3H3,(H,12,14). The largest absolute Gasteiger partial charge is 0.344 e. The van der Waals surface area contributed by atoms with E-state index in [0.29, 0.717) is 18.5 Å². The van der Waals surface area contributed by atoms with E-state index in [9.17, 15) is 9.59 Å². The molecule has 0 radical (unpaired) electrons. The Morgan fingerprint density at radius 2 is 1.93 bits per heavy atom. The van der Waals surface area contributed by atoms with Crippen molar-refractivity contribution >= 4 is 11.8 Å². The summed E-state index contributed by atoms with van der Waals surface area (Å²) < 4.78 is 0. The van der Waals surface area contributed by atoms with Crippen LogP contribution in [0.25, 0.3) is 0 Å². The fraction of sp³-hybridized carbons (Fsp3) is 0.818. The average molecular weight is 210 g/mol. The molecule has 0 aromatic carbocycles. The molecule has 2 amide bonds. The molecule has 4 atom stereocenters. The van der Waals surface area contributed by atoms with Crippen molar-refractivity contribution in [1.29, 1.82) is 0 Å². The topological polar surface area (TPSA) is 49.2 Å². The minimum Gasteiger partial charge on any atom is -0.344 e. The van der Waals surface area contributed by atoms with Gasteiger partial charge in [0.05, 0.1) is 0 Å². The van der Waals surface area contributed by atoms with Crippen LogP contribution < -0.4 is 5.32 Å². The van der Waals surface area contributed by atoms with Crippen LogP contribution in [0, 0.1) is 5.92 Å². The van der Waals surface area contributed by atoms with Gasteiger partial charge in [-0.25, -0.2) is 0 Å². The van der Waals surface area contributed by atoms with E-state index < -0.39 is 0 Å². The Balaban J connectivity index is 2.03. The minimum atomic E-state index is -0.293. The molecule has 2 aliphatic heterocycles. The number of hydrogen-bond acceptors (Lipinski definition) is 2. The minimum absolute atomic E-state index is 0.00797. The van der Waals surface area contributed by atoms with E-state index in [1.807, 2.05) is 25.7 Å². The first kappa shape index (κ1) is 10.5. The van der Waals surface area contributed by atoms with Crippen LogP contribution in [0.1, 0.15) is 33.6 Å². The van der Waals surface area contributed by atoms with Gasteiger partial charge in [-0.05, 0) is 26.2 Å². The van der Waals surface area contributed by atoms with Crippen LogP contribution in [0.4, 0.5) is 0 Å². The van der Waals surface area contributed by atoms with Gasteiger partial charge in [0.25, 0.3) is 0 Å². The molecule has 15 heavy (non-hydrogen) atoms. The molecule has 0 aromatic heterocycles. The third-order valence-electron chi connectivity index (χ3n) is 3.72. The quantitative estimate of drug-likeness (QED) is 0.641. The van der Waals surface area contributed by atoms with Gasteiger partial charge in [0, 0.05) is 18.5 Å². The third-order valence-corrected chi connectivity index (χ3v) is 3.72. The fourth-order valence-electron chi connectivity index (χ4n) is 2.28. The molecular weight excluding hydrogens is 192 g/mol. The van der Waals surface area contributed by atoms with Gasteiger partial charge in [0.1, 0.15) is 6.04 Å². The van der Waals surface area contributed by atoms with E-state index in [1.165, 1.54) is 0 Å². The number of nitrogens with zero attached hydrogens (tertiary/aromatic N) is 1. The van der Waals surface area contributed by atoms with Gasteiger partial charge >= 0.3 is 0 Å². The maximum atomic E-state index is 12.0. The van der Waals surface area contributed by atoms with Crippen LogP contribution in [0.2, 0.25) is 0 Å². The summed E-state index contributed by atoms with van der Waals surface area (Å²) in [5.74, 6) is 0.361. The number of nitrogens with one attached hydrogen (secondary N) is 1. The molecule has 2 heterocycles. The Labute approximate surface area is 90.0 Å². The molecule has 4 heteroatoms. The Morgan fingerprint density at radius 1 is 1.33 bits per heavy atom. The highest BCUT2D eigenvalue weighted by Gasteiger charge is 2.47. The van der Waals surface area contributed by atoms with E-state index in [4.69, 9.17) is 0 Å². The lowest BCUT2D eigenvalue weighted by atomic mass is 9.92. The number of rotatable bonds is 1. The second-order valence-corrected chi connectivity index (χ2v) is 4.79. The van der Waals surface area contributed by atoms with Gasteiger partial charge in [-0.2, -0.15) is 0 Å². The molecule has 0 aliphatic carbocycles. The van der Waals surface area contributed by atoms with E-state index in [1.54, 1.807) is 0 Å². The second kappa shape index (κ2) is 3.51. The average Bonchev–Trinajstić information content (AvgIpc) is 2.78. The Hall–Kier alpha value is -1.06. The van der Waals surface area contributed by atoms with Crippen LogP contribution >= 0.6 is 0 Å². The van der Waals surface area contributed by atoms with Crippen LogP contribution in [0.3, 0.4) is 0 Å². The summed E-state index contributed by atoms with van der Waals surface area (Å²) in [6.45, 7) is 6.11.